The lowest BCUT2D eigenvalue weighted by Crippen LogP contribution is -2.41. The Kier molecular flexibility index (Phi) is 4.40. The summed E-state index contributed by atoms with van der Waals surface area (Å²) in [5.74, 6) is 0. The van der Waals surface area contributed by atoms with Crippen molar-refractivity contribution in [3.63, 3.8) is 0 Å². The first-order valence-electron chi connectivity index (χ1n) is 8.02. The molecular formula is C18H22BNO3S. The lowest BCUT2D eigenvalue weighted by Gasteiger charge is -2.32. The molecule has 0 aliphatic carbocycles. The van der Waals surface area contributed by atoms with Crippen LogP contribution in [0.2, 0.25) is 0 Å². The highest BCUT2D eigenvalue weighted by Crippen LogP contribution is 2.36. The summed E-state index contributed by atoms with van der Waals surface area (Å²) in [6, 6.07) is 11.1. The molecule has 1 aromatic carbocycles. The van der Waals surface area contributed by atoms with Gasteiger partial charge in [0.05, 0.1) is 17.7 Å². The normalized spacial score (nSPS) is 18.8. The van der Waals surface area contributed by atoms with Gasteiger partial charge in [-0.25, -0.2) is 0 Å². The van der Waals surface area contributed by atoms with Crippen molar-refractivity contribution in [1.29, 1.82) is 0 Å². The van der Waals surface area contributed by atoms with Crippen LogP contribution < -0.4 is 11.0 Å². The van der Waals surface area contributed by atoms with E-state index in [1.165, 1.54) is 0 Å². The number of benzene rings is 1. The number of pyridine rings is 1. The molecule has 0 saturated carbocycles. The minimum absolute atomic E-state index is 0.0631. The van der Waals surface area contributed by atoms with Crippen molar-refractivity contribution in [3.05, 3.63) is 58.5 Å². The molecule has 1 aliphatic rings. The molecule has 1 aromatic heterocycles. The highest BCUT2D eigenvalue weighted by molar-refractivity contribution is 7.80. The van der Waals surface area contributed by atoms with E-state index in [0.29, 0.717) is 6.54 Å². The quantitative estimate of drug-likeness (QED) is 0.688. The minimum atomic E-state index is -0.479. The summed E-state index contributed by atoms with van der Waals surface area (Å²) in [6.45, 7) is 8.52. The molecule has 0 spiro atoms. The van der Waals surface area contributed by atoms with E-state index in [9.17, 15) is 4.79 Å². The lowest BCUT2D eigenvalue weighted by atomic mass is 9.80. The number of aromatic nitrogens is 1. The molecule has 3 rings (SSSR count). The Morgan fingerprint density at radius 2 is 1.67 bits per heavy atom. The fourth-order valence-electron chi connectivity index (χ4n) is 2.62. The zero-order valence-corrected chi connectivity index (χ0v) is 15.3. The molecule has 0 atom stereocenters. The van der Waals surface area contributed by atoms with E-state index >= 15 is 0 Å². The fraction of sp³-hybridized carbons (Fsp3) is 0.389. The number of thiol groups is 1. The molecule has 0 bridgehead atoms. The van der Waals surface area contributed by atoms with Crippen LogP contribution in [-0.4, -0.2) is 22.9 Å². The van der Waals surface area contributed by atoms with E-state index in [4.69, 9.17) is 9.31 Å². The molecule has 2 heterocycles. The zero-order chi connectivity index (χ0) is 17.5. The Bertz CT molecular complexity index is 800. The number of hydrogen-bond acceptors (Lipinski definition) is 4. The molecule has 4 nitrogen and oxygen atoms in total. The van der Waals surface area contributed by atoms with Gasteiger partial charge >= 0.3 is 7.12 Å². The first-order chi connectivity index (χ1) is 11.2. The van der Waals surface area contributed by atoms with Crippen LogP contribution in [-0.2, 0) is 15.9 Å². The SMILES string of the molecule is CC1(C)OB(c2ccc(=O)n(Cc3ccccc3S)c2)OC1(C)C. The molecule has 24 heavy (non-hydrogen) atoms. The van der Waals surface area contributed by atoms with Crippen molar-refractivity contribution in [2.45, 2.75) is 50.3 Å². The second-order valence-corrected chi connectivity index (χ2v) is 7.63. The standard InChI is InChI=1S/C18H22BNO3S/c1-17(2)18(3,4)23-19(22-17)14-9-10-16(21)20(12-14)11-13-7-5-6-8-15(13)24/h5-10,12,24H,11H2,1-4H3. The second kappa shape index (κ2) is 6.10. The van der Waals surface area contributed by atoms with E-state index in [2.05, 4.69) is 12.6 Å². The average Bonchev–Trinajstić information content (AvgIpc) is 2.72. The summed E-state index contributed by atoms with van der Waals surface area (Å²) in [4.78, 5) is 13.1. The van der Waals surface area contributed by atoms with Gasteiger partial charge in [0, 0.05) is 17.2 Å². The zero-order valence-electron chi connectivity index (χ0n) is 14.4. The summed E-state index contributed by atoms with van der Waals surface area (Å²) in [5, 5.41) is 0. The van der Waals surface area contributed by atoms with Crippen molar-refractivity contribution < 1.29 is 9.31 Å². The van der Waals surface area contributed by atoms with E-state index in [1.807, 2.05) is 58.2 Å². The first-order valence-corrected chi connectivity index (χ1v) is 8.47. The Morgan fingerprint density at radius 3 is 2.29 bits per heavy atom. The van der Waals surface area contributed by atoms with E-state index in [-0.39, 0.29) is 5.56 Å². The Morgan fingerprint density at radius 1 is 1.04 bits per heavy atom. The molecule has 1 aliphatic heterocycles. The van der Waals surface area contributed by atoms with Gasteiger partial charge in [-0.2, -0.15) is 0 Å². The molecule has 2 aromatic rings. The summed E-state index contributed by atoms with van der Waals surface area (Å²) < 4.78 is 13.8. The number of nitrogens with zero attached hydrogens (tertiary/aromatic N) is 1. The highest BCUT2D eigenvalue weighted by Gasteiger charge is 2.51. The van der Waals surface area contributed by atoms with Gasteiger partial charge in [0.2, 0.25) is 0 Å². The van der Waals surface area contributed by atoms with Crippen LogP contribution in [0, 0.1) is 0 Å². The predicted octanol–water partition coefficient (Wildman–Crippen LogP) is 2.48. The van der Waals surface area contributed by atoms with Crippen molar-refractivity contribution in [3.8, 4) is 0 Å². The molecule has 0 radical (unpaired) electrons. The first kappa shape index (κ1) is 17.3. The molecule has 6 heteroatoms. The van der Waals surface area contributed by atoms with Gasteiger partial charge in [-0.3, -0.25) is 4.79 Å². The second-order valence-electron chi connectivity index (χ2n) is 7.15. The molecule has 0 N–H and O–H groups in total. The van der Waals surface area contributed by atoms with Crippen LogP contribution in [0.15, 0.2) is 52.3 Å². The number of hydrogen-bond donors (Lipinski definition) is 1. The topological polar surface area (TPSA) is 40.5 Å². The monoisotopic (exact) mass is 343 g/mol. The maximum Gasteiger partial charge on any atom is 0.496 e. The van der Waals surface area contributed by atoms with Gasteiger partial charge in [-0.05, 0) is 44.8 Å². The summed E-state index contributed by atoms with van der Waals surface area (Å²) in [7, 11) is -0.479. The van der Waals surface area contributed by atoms with Crippen LogP contribution in [0.4, 0.5) is 0 Å². The molecule has 0 unspecified atom stereocenters. The maximum atomic E-state index is 12.2. The Balaban J connectivity index is 1.91. The molecule has 1 fully saturated rings. The third-order valence-corrected chi connectivity index (χ3v) is 5.30. The van der Waals surface area contributed by atoms with Gasteiger partial charge in [-0.1, -0.05) is 24.3 Å². The molecular weight excluding hydrogens is 321 g/mol. The van der Waals surface area contributed by atoms with Crippen LogP contribution >= 0.6 is 12.6 Å². The molecule has 1 saturated heterocycles. The van der Waals surface area contributed by atoms with Gasteiger partial charge < -0.3 is 13.9 Å². The lowest BCUT2D eigenvalue weighted by molar-refractivity contribution is 0.00578. The van der Waals surface area contributed by atoms with Crippen molar-refractivity contribution in [2.75, 3.05) is 0 Å². The fourth-order valence-corrected chi connectivity index (χ4v) is 2.85. The summed E-state index contributed by atoms with van der Waals surface area (Å²) in [6.07, 6.45) is 1.81. The van der Waals surface area contributed by atoms with Gasteiger partial charge in [0.1, 0.15) is 0 Å². The molecule has 126 valence electrons. The smallest absolute Gasteiger partial charge is 0.399 e. The highest BCUT2D eigenvalue weighted by atomic mass is 32.1. The van der Waals surface area contributed by atoms with E-state index in [1.54, 1.807) is 16.7 Å². The van der Waals surface area contributed by atoms with Crippen molar-refractivity contribution in [1.82, 2.24) is 4.57 Å². The van der Waals surface area contributed by atoms with Crippen LogP contribution in [0.3, 0.4) is 0 Å². The Labute approximate surface area is 148 Å². The average molecular weight is 343 g/mol. The van der Waals surface area contributed by atoms with Crippen molar-refractivity contribution >= 4 is 25.2 Å². The summed E-state index contributed by atoms with van der Waals surface area (Å²) >= 11 is 4.46. The Hall–Kier alpha value is -1.50. The van der Waals surface area contributed by atoms with Gasteiger partial charge in [0.25, 0.3) is 5.56 Å². The third kappa shape index (κ3) is 3.18. The van der Waals surface area contributed by atoms with Gasteiger partial charge in [0.15, 0.2) is 0 Å². The van der Waals surface area contributed by atoms with Crippen LogP contribution in [0.1, 0.15) is 33.3 Å². The predicted molar refractivity (Wildman–Crippen MR) is 99.2 cm³/mol. The summed E-state index contributed by atoms with van der Waals surface area (Å²) in [5.41, 5.74) is 0.956. The maximum absolute atomic E-state index is 12.2. The minimum Gasteiger partial charge on any atom is -0.399 e. The van der Waals surface area contributed by atoms with Crippen LogP contribution in [0.25, 0.3) is 0 Å². The van der Waals surface area contributed by atoms with E-state index in [0.717, 1.165) is 15.9 Å². The molecule has 0 amide bonds. The van der Waals surface area contributed by atoms with Gasteiger partial charge in [-0.15, -0.1) is 12.6 Å². The number of rotatable bonds is 3. The van der Waals surface area contributed by atoms with Crippen LogP contribution in [0.5, 0.6) is 0 Å². The third-order valence-electron chi connectivity index (χ3n) is 4.86. The van der Waals surface area contributed by atoms with E-state index < -0.39 is 18.3 Å². The largest absolute Gasteiger partial charge is 0.496 e. The van der Waals surface area contributed by atoms with Crippen molar-refractivity contribution in [2.24, 2.45) is 0 Å².